The van der Waals surface area contributed by atoms with E-state index < -0.39 is 35.3 Å². The Hall–Kier alpha value is -5.96. The Bertz CT molecular complexity index is 1620. The molecule has 0 aliphatic rings. The number of esters is 3. The van der Waals surface area contributed by atoms with Crippen molar-refractivity contribution < 1.29 is 38.1 Å². The number of carbonyl (C=O) groups excluding carboxylic acids is 4. The first kappa shape index (κ1) is 30.5. The van der Waals surface area contributed by atoms with Gasteiger partial charge in [0.25, 0.3) is 0 Å². The van der Waals surface area contributed by atoms with Crippen molar-refractivity contribution in [3.63, 3.8) is 0 Å². The molecule has 1 heterocycles. The molecule has 0 atom stereocenters. The lowest BCUT2D eigenvalue weighted by atomic mass is 10.1. The summed E-state index contributed by atoms with van der Waals surface area (Å²) >= 11 is 0. The second-order valence-corrected chi connectivity index (χ2v) is 9.86. The van der Waals surface area contributed by atoms with Crippen molar-refractivity contribution in [2.45, 2.75) is 26.4 Å². The van der Waals surface area contributed by atoms with E-state index in [4.69, 9.17) is 18.9 Å². The van der Waals surface area contributed by atoms with Crippen LogP contribution in [0.25, 0.3) is 0 Å². The fraction of sp³-hybridized carbons (Fsp3) is 0.111. The van der Waals surface area contributed by atoms with E-state index in [0.717, 1.165) is 10.8 Å². The Kier molecular flexibility index (Phi) is 10.1. The van der Waals surface area contributed by atoms with Crippen molar-refractivity contribution in [3.8, 4) is 0 Å². The van der Waals surface area contributed by atoms with Crippen LogP contribution >= 0.6 is 0 Å². The van der Waals surface area contributed by atoms with E-state index in [0.29, 0.717) is 22.3 Å². The number of hydrogen-bond acceptors (Lipinski definition) is 8. The number of benzene rings is 4. The zero-order chi connectivity index (χ0) is 31.4. The minimum absolute atomic E-state index is 0.115. The van der Waals surface area contributed by atoms with Crippen LogP contribution in [0.5, 0.6) is 0 Å². The third-order valence-electron chi connectivity index (χ3n) is 6.66. The van der Waals surface area contributed by atoms with Gasteiger partial charge in [0.05, 0.1) is 5.56 Å². The summed E-state index contributed by atoms with van der Waals surface area (Å²) in [7, 11) is 0. The lowest BCUT2D eigenvalue weighted by Gasteiger charge is -2.12. The quantitative estimate of drug-likeness (QED) is 0.121. The summed E-state index contributed by atoms with van der Waals surface area (Å²) in [5.74, 6) is -3.01. The van der Waals surface area contributed by atoms with Gasteiger partial charge in [0.1, 0.15) is 32.0 Å². The van der Waals surface area contributed by atoms with Crippen LogP contribution in [0.15, 0.2) is 128 Å². The molecule has 0 aliphatic carbocycles. The molecule has 9 nitrogen and oxygen atoms in total. The van der Waals surface area contributed by atoms with E-state index in [1.54, 1.807) is 97.1 Å². The molecule has 5 rings (SSSR count). The minimum atomic E-state index is -1.04. The Morgan fingerprint density at radius 3 is 1.22 bits per heavy atom. The molecule has 0 amide bonds. The highest BCUT2D eigenvalue weighted by Gasteiger charge is 2.35. The summed E-state index contributed by atoms with van der Waals surface area (Å²) in [5.41, 5.74) is 1.39. The van der Waals surface area contributed by atoms with Crippen molar-refractivity contribution in [2.75, 3.05) is 0 Å². The Morgan fingerprint density at radius 1 is 0.444 bits per heavy atom. The molecule has 0 N–H and O–H groups in total. The first-order chi connectivity index (χ1) is 22.0. The number of hydrogen-bond donors (Lipinski definition) is 0. The van der Waals surface area contributed by atoms with E-state index >= 15 is 0 Å². The Balaban J connectivity index is 1.50. The number of carbonyl (C=O) groups is 4. The highest BCUT2D eigenvalue weighted by atomic mass is 16.6. The van der Waals surface area contributed by atoms with Crippen molar-refractivity contribution in [1.82, 2.24) is 4.57 Å². The molecule has 4 aromatic carbocycles. The fourth-order valence-corrected chi connectivity index (χ4v) is 4.39. The van der Waals surface area contributed by atoms with Gasteiger partial charge in [-0.05, 0) is 22.3 Å². The minimum Gasteiger partial charge on any atom is -0.457 e. The molecule has 0 unspecified atom stereocenters. The van der Waals surface area contributed by atoms with Crippen molar-refractivity contribution in [1.29, 1.82) is 0 Å². The van der Waals surface area contributed by atoms with Gasteiger partial charge in [-0.25, -0.2) is 23.7 Å². The summed E-state index contributed by atoms with van der Waals surface area (Å²) < 4.78 is 22.8. The molecule has 9 heteroatoms. The van der Waals surface area contributed by atoms with Crippen LogP contribution in [0.2, 0.25) is 0 Å². The zero-order valence-electron chi connectivity index (χ0n) is 24.2. The first-order valence-electron chi connectivity index (χ1n) is 14.1. The van der Waals surface area contributed by atoms with Gasteiger partial charge in [-0.2, -0.15) is 0 Å². The van der Waals surface area contributed by atoms with Crippen LogP contribution < -0.4 is 0 Å². The summed E-state index contributed by atoms with van der Waals surface area (Å²) in [5, 5.41) is 0. The fourth-order valence-electron chi connectivity index (χ4n) is 4.39. The summed E-state index contributed by atoms with van der Waals surface area (Å²) in [6.45, 7) is -0.552. The predicted molar refractivity (Wildman–Crippen MR) is 163 cm³/mol. The lowest BCUT2D eigenvalue weighted by Crippen LogP contribution is -2.22. The van der Waals surface area contributed by atoms with Gasteiger partial charge in [-0.3, -0.25) is 0 Å². The second kappa shape index (κ2) is 15.0. The number of nitrogens with zero attached hydrogens (tertiary/aromatic N) is 1. The molecule has 0 spiro atoms. The van der Waals surface area contributed by atoms with E-state index in [-0.39, 0.29) is 32.0 Å². The maximum absolute atomic E-state index is 13.6. The third kappa shape index (κ3) is 8.11. The van der Waals surface area contributed by atoms with Crippen LogP contribution in [-0.2, 0) is 45.4 Å². The maximum atomic E-state index is 13.6. The molecule has 0 saturated heterocycles. The van der Waals surface area contributed by atoms with Gasteiger partial charge < -0.3 is 18.9 Å². The molecule has 0 bridgehead atoms. The number of rotatable bonds is 11. The smallest absolute Gasteiger partial charge is 0.419 e. The number of aromatic nitrogens is 1. The first-order valence-corrected chi connectivity index (χ1v) is 14.1. The molecule has 45 heavy (non-hydrogen) atoms. The summed E-state index contributed by atoms with van der Waals surface area (Å²) in [6, 6.07) is 35.6. The number of ether oxygens (including phenoxy) is 4. The zero-order valence-corrected chi connectivity index (χ0v) is 24.2. The van der Waals surface area contributed by atoms with Crippen molar-refractivity contribution in [2.24, 2.45) is 0 Å². The van der Waals surface area contributed by atoms with Crippen molar-refractivity contribution in [3.05, 3.63) is 167 Å². The average molecular weight is 604 g/mol. The summed E-state index contributed by atoms with van der Waals surface area (Å²) in [4.78, 5) is 54.1. The third-order valence-corrected chi connectivity index (χ3v) is 6.66. The normalized spacial score (nSPS) is 10.5. The predicted octanol–water partition coefficient (Wildman–Crippen LogP) is 6.74. The SMILES string of the molecule is O=C(OCc1ccccc1)c1cn(C(=O)OCc2ccccc2)c(C(=O)OCc2ccccc2)c1C(=O)OCc1ccccc1. The molecular formula is C36H29NO8. The largest absolute Gasteiger partial charge is 0.457 e. The molecular weight excluding hydrogens is 574 g/mol. The van der Waals surface area contributed by atoms with E-state index in [1.807, 2.05) is 24.3 Å². The van der Waals surface area contributed by atoms with Crippen LogP contribution in [0.1, 0.15) is 53.5 Å². The van der Waals surface area contributed by atoms with Gasteiger partial charge in [0, 0.05) is 6.20 Å². The van der Waals surface area contributed by atoms with E-state index in [2.05, 4.69) is 0 Å². The molecule has 5 aromatic rings. The molecule has 226 valence electrons. The van der Waals surface area contributed by atoms with Crippen LogP contribution in [0, 0.1) is 0 Å². The van der Waals surface area contributed by atoms with Gasteiger partial charge in [0.15, 0.2) is 5.69 Å². The standard InChI is InChI=1S/C36H29NO8/c38-33(42-22-26-13-5-1-6-14-26)30-21-37(36(41)45-25-29-19-11-4-12-20-29)32(35(40)44-24-28-17-9-3-10-18-28)31(30)34(39)43-23-27-15-7-2-8-16-27/h1-21H,22-25H2. The highest BCUT2D eigenvalue weighted by Crippen LogP contribution is 2.24. The molecule has 0 aliphatic heterocycles. The second-order valence-electron chi connectivity index (χ2n) is 9.86. The van der Waals surface area contributed by atoms with Gasteiger partial charge >= 0.3 is 24.0 Å². The Labute approximate surface area is 259 Å². The average Bonchev–Trinajstić information content (AvgIpc) is 3.50. The molecule has 0 radical (unpaired) electrons. The monoisotopic (exact) mass is 603 g/mol. The van der Waals surface area contributed by atoms with Crippen LogP contribution in [0.4, 0.5) is 4.79 Å². The van der Waals surface area contributed by atoms with Gasteiger partial charge in [0.2, 0.25) is 0 Å². The van der Waals surface area contributed by atoms with Crippen LogP contribution in [-0.4, -0.2) is 28.6 Å². The summed E-state index contributed by atoms with van der Waals surface area (Å²) in [6.07, 6.45) is 0.0310. The molecule has 0 fully saturated rings. The van der Waals surface area contributed by atoms with E-state index in [1.165, 1.54) is 0 Å². The maximum Gasteiger partial charge on any atom is 0.419 e. The highest BCUT2D eigenvalue weighted by molar-refractivity contribution is 6.11. The van der Waals surface area contributed by atoms with Crippen molar-refractivity contribution >= 4 is 24.0 Å². The van der Waals surface area contributed by atoms with Gasteiger partial charge in [-0.1, -0.05) is 121 Å². The molecule has 0 saturated carbocycles. The Morgan fingerprint density at radius 2 is 0.800 bits per heavy atom. The lowest BCUT2D eigenvalue weighted by molar-refractivity contribution is 0.0403. The molecule has 1 aromatic heterocycles. The van der Waals surface area contributed by atoms with Crippen LogP contribution in [0.3, 0.4) is 0 Å². The topological polar surface area (TPSA) is 110 Å². The van der Waals surface area contributed by atoms with Gasteiger partial charge in [-0.15, -0.1) is 0 Å². The van der Waals surface area contributed by atoms with E-state index in [9.17, 15) is 19.2 Å².